The van der Waals surface area contributed by atoms with E-state index in [9.17, 15) is 4.79 Å². The molecule has 3 aromatic rings. The lowest BCUT2D eigenvalue weighted by atomic mass is 10.2. The molecule has 2 aromatic carbocycles. The average Bonchev–Trinajstić information content (AvgIpc) is 3.02. The zero-order valence-corrected chi connectivity index (χ0v) is 15.6. The molecule has 0 atom stereocenters. The normalized spacial score (nSPS) is 10.9. The number of hydrogen-bond donors (Lipinski definition) is 0. The molecule has 0 aliphatic carbocycles. The van der Waals surface area contributed by atoms with Crippen LogP contribution in [0.1, 0.15) is 34.8 Å². The molecule has 25 heavy (non-hydrogen) atoms. The Hall–Kier alpha value is -2.46. The van der Waals surface area contributed by atoms with Crippen molar-refractivity contribution in [3.8, 4) is 10.6 Å². The van der Waals surface area contributed by atoms with Gasteiger partial charge in [0.05, 0.1) is 5.69 Å². The van der Waals surface area contributed by atoms with Crippen LogP contribution in [-0.4, -0.2) is 21.8 Å². The van der Waals surface area contributed by atoms with Crippen molar-refractivity contribution < 1.29 is 4.79 Å². The molecule has 128 valence electrons. The van der Waals surface area contributed by atoms with E-state index in [0.29, 0.717) is 6.54 Å². The summed E-state index contributed by atoms with van der Waals surface area (Å²) in [5.74, 6) is 0.0519. The van der Waals surface area contributed by atoms with Gasteiger partial charge in [0.1, 0.15) is 9.88 Å². The molecule has 0 saturated carbocycles. The lowest BCUT2D eigenvalue weighted by Crippen LogP contribution is -2.36. The third-order valence-electron chi connectivity index (χ3n) is 4.09. The Kier molecular flexibility index (Phi) is 5.29. The summed E-state index contributed by atoms with van der Waals surface area (Å²) in [5.41, 5.74) is 2.98. The summed E-state index contributed by atoms with van der Waals surface area (Å²) < 4.78 is 0. The molecular weight excluding hydrogens is 328 g/mol. The fourth-order valence-corrected chi connectivity index (χ4v) is 3.73. The van der Waals surface area contributed by atoms with Crippen LogP contribution in [0.25, 0.3) is 10.6 Å². The van der Waals surface area contributed by atoms with Gasteiger partial charge in [-0.25, -0.2) is 4.98 Å². The molecule has 0 N–H and O–H groups in total. The molecule has 0 fully saturated rings. The van der Waals surface area contributed by atoms with Crippen molar-refractivity contribution in [3.63, 3.8) is 0 Å². The molecule has 0 bridgehead atoms. The SMILES string of the molecule is Cc1nc(-c2ccccc2)sc1C(=O)N(Cc1ccccc1)C(C)C. The van der Waals surface area contributed by atoms with E-state index in [2.05, 4.69) is 31.0 Å². The second kappa shape index (κ2) is 7.62. The van der Waals surface area contributed by atoms with Gasteiger partial charge in [0.25, 0.3) is 5.91 Å². The first-order valence-corrected chi connectivity index (χ1v) is 9.25. The summed E-state index contributed by atoms with van der Waals surface area (Å²) in [7, 11) is 0. The second-order valence-corrected chi connectivity index (χ2v) is 7.31. The molecule has 3 rings (SSSR count). The first-order chi connectivity index (χ1) is 12.1. The molecule has 3 nitrogen and oxygen atoms in total. The van der Waals surface area contributed by atoms with Crippen molar-refractivity contribution in [2.75, 3.05) is 0 Å². The summed E-state index contributed by atoms with van der Waals surface area (Å²) >= 11 is 1.47. The first kappa shape index (κ1) is 17.4. The molecular formula is C21H22N2OS. The molecule has 1 amide bonds. The molecule has 0 aliphatic rings. The average molecular weight is 350 g/mol. The van der Waals surface area contributed by atoms with Crippen molar-refractivity contribution >= 4 is 17.2 Å². The van der Waals surface area contributed by atoms with Crippen LogP contribution in [0.15, 0.2) is 60.7 Å². The molecule has 4 heteroatoms. The Balaban J connectivity index is 1.89. The molecule has 0 radical (unpaired) electrons. The van der Waals surface area contributed by atoms with Gasteiger partial charge in [-0.1, -0.05) is 60.7 Å². The predicted molar refractivity (Wildman–Crippen MR) is 104 cm³/mol. The summed E-state index contributed by atoms with van der Waals surface area (Å²) in [6, 6.07) is 20.2. The molecule has 1 aromatic heterocycles. The predicted octanol–water partition coefficient (Wildman–Crippen LogP) is 5.17. The fraction of sp³-hybridized carbons (Fsp3) is 0.238. The number of carbonyl (C=O) groups is 1. The van der Waals surface area contributed by atoms with Crippen molar-refractivity contribution in [3.05, 3.63) is 76.8 Å². The highest BCUT2D eigenvalue weighted by atomic mass is 32.1. The quantitative estimate of drug-likeness (QED) is 0.636. The van der Waals surface area contributed by atoms with Crippen molar-refractivity contribution in [1.82, 2.24) is 9.88 Å². The van der Waals surface area contributed by atoms with Crippen LogP contribution < -0.4 is 0 Å². The Morgan fingerprint density at radius 1 is 1.04 bits per heavy atom. The van der Waals surface area contributed by atoms with E-state index in [4.69, 9.17) is 0 Å². The minimum absolute atomic E-state index is 0.0519. The van der Waals surface area contributed by atoms with Gasteiger partial charge in [0.15, 0.2) is 0 Å². The number of aryl methyl sites for hydroxylation is 1. The van der Waals surface area contributed by atoms with Crippen LogP contribution in [0.4, 0.5) is 0 Å². The van der Waals surface area contributed by atoms with Gasteiger partial charge in [-0.05, 0) is 26.3 Å². The van der Waals surface area contributed by atoms with Gasteiger partial charge < -0.3 is 4.90 Å². The number of aromatic nitrogens is 1. The highest BCUT2D eigenvalue weighted by Gasteiger charge is 2.24. The van der Waals surface area contributed by atoms with E-state index < -0.39 is 0 Å². The molecule has 0 unspecified atom stereocenters. The fourth-order valence-electron chi connectivity index (χ4n) is 2.70. The third-order valence-corrected chi connectivity index (χ3v) is 5.29. The van der Waals surface area contributed by atoms with E-state index in [1.165, 1.54) is 11.3 Å². The number of hydrogen-bond acceptors (Lipinski definition) is 3. The summed E-state index contributed by atoms with van der Waals surface area (Å²) in [5, 5.41) is 0.893. The van der Waals surface area contributed by atoms with Crippen LogP contribution in [0.2, 0.25) is 0 Å². The van der Waals surface area contributed by atoms with Crippen LogP contribution >= 0.6 is 11.3 Å². The summed E-state index contributed by atoms with van der Waals surface area (Å²) in [6.07, 6.45) is 0. The summed E-state index contributed by atoms with van der Waals surface area (Å²) in [4.78, 5) is 20.4. The van der Waals surface area contributed by atoms with Crippen LogP contribution in [0.3, 0.4) is 0 Å². The van der Waals surface area contributed by atoms with E-state index in [1.54, 1.807) is 0 Å². The highest BCUT2D eigenvalue weighted by Crippen LogP contribution is 2.29. The molecule has 0 saturated heterocycles. The van der Waals surface area contributed by atoms with Gasteiger partial charge in [0, 0.05) is 18.2 Å². The smallest absolute Gasteiger partial charge is 0.266 e. The van der Waals surface area contributed by atoms with E-state index in [1.807, 2.05) is 60.4 Å². The van der Waals surface area contributed by atoms with E-state index >= 15 is 0 Å². The maximum absolute atomic E-state index is 13.2. The van der Waals surface area contributed by atoms with Crippen LogP contribution in [0.5, 0.6) is 0 Å². The molecule has 1 heterocycles. The zero-order chi connectivity index (χ0) is 17.8. The Bertz CT molecular complexity index is 841. The largest absolute Gasteiger partial charge is 0.331 e. The van der Waals surface area contributed by atoms with Gasteiger partial charge >= 0.3 is 0 Å². The third kappa shape index (κ3) is 3.97. The lowest BCUT2D eigenvalue weighted by Gasteiger charge is -2.26. The first-order valence-electron chi connectivity index (χ1n) is 8.44. The number of amides is 1. The van der Waals surface area contributed by atoms with Crippen LogP contribution in [-0.2, 0) is 6.54 Å². The highest BCUT2D eigenvalue weighted by molar-refractivity contribution is 7.17. The second-order valence-electron chi connectivity index (χ2n) is 6.31. The van der Waals surface area contributed by atoms with E-state index in [0.717, 1.165) is 26.7 Å². The molecule has 0 aliphatic heterocycles. The standard InChI is InChI=1S/C21H22N2OS/c1-15(2)23(14-17-10-6-4-7-11-17)21(24)19-16(3)22-20(25-19)18-12-8-5-9-13-18/h4-13,15H,14H2,1-3H3. The number of benzene rings is 2. The van der Waals surface area contributed by atoms with Gasteiger partial charge in [-0.15, -0.1) is 11.3 Å². The number of rotatable bonds is 5. The van der Waals surface area contributed by atoms with Crippen molar-refractivity contribution in [2.24, 2.45) is 0 Å². The minimum Gasteiger partial charge on any atom is -0.331 e. The minimum atomic E-state index is 0.0519. The van der Waals surface area contributed by atoms with Crippen LogP contribution in [0, 0.1) is 6.92 Å². The van der Waals surface area contributed by atoms with E-state index in [-0.39, 0.29) is 11.9 Å². The maximum Gasteiger partial charge on any atom is 0.266 e. The number of carbonyl (C=O) groups excluding carboxylic acids is 1. The van der Waals surface area contributed by atoms with Gasteiger partial charge in [-0.3, -0.25) is 4.79 Å². The molecule has 0 spiro atoms. The van der Waals surface area contributed by atoms with Crippen molar-refractivity contribution in [2.45, 2.75) is 33.4 Å². The summed E-state index contributed by atoms with van der Waals surface area (Å²) in [6.45, 7) is 6.62. The topological polar surface area (TPSA) is 33.2 Å². The van der Waals surface area contributed by atoms with Gasteiger partial charge in [0.2, 0.25) is 0 Å². The Morgan fingerprint density at radius 3 is 2.24 bits per heavy atom. The number of nitrogens with zero attached hydrogens (tertiary/aromatic N) is 2. The zero-order valence-electron chi connectivity index (χ0n) is 14.8. The van der Waals surface area contributed by atoms with Gasteiger partial charge in [-0.2, -0.15) is 0 Å². The Morgan fingerprint density at radius 2 is 1.64 bits per heavy atom. The lowest BCUT2D eigenvalue weighted by molar-refractivity contribution is 0.0694. The Labute approximate surface area is 153 Å². The maximum atomic E-state index is 13.2. The monoisotopic (exact) mass is 350 g/mol. The number of thiazole rings is 1. The van der Waals surface area contributed by atoms with Crippen molar-refractivity contribution in [1.29, 1.82) is 0 Å².